The van der Waals surface area contributed by atoms with Gasteiger partial charge in [0.2, 0.25) is 0 Å². The highest BCUT2D eigenvalue weighted by Crippen LogP contribution is 2.22. The van der Waals surface area contributed by atoms with Gasteiger partial charge in [-0.05, 0) is 25.8 Å². The monoisotopic (exact) mass is 312 g/mol. The lowest BCUT2D eigenvalue weighted by molar-refractivity contribution is 0.911. The van der Waals surface area contributed by atoms with Gasteiger partial charge in [0.25, 0.3) is 0 Å². The molecule has 1 fully saturated rings. The van der Waals surface area contributed by atoms with E-state index in [-0.39, 0.29) is 1.43 Å². The summed E-state index contributed by atoms with van der Waals surface area (Å²) in [6.07, 6.45) is 6.11. The van der Waals surface area contributed by atoms with Crippen LogP contribution in [0.2, 0.25) is 0 Å². The molecule has 1 aliphatic rings. The zero-order valence-corrected chi connectivity index (χ0v) is 13.7. The minimum absolute atomic E-state index is 0. The second-order valence-corrected chi connectivity index (χ2v) is 5.56. The standard InChI is InChI=1S/C17H22N6.H2/c1-4-22-10-7-14(11-16(22)18-3)21-15-12-17(20-13(2)19-15)23-8-5-6-9-23;/h4,7,10-12H,1,5-6,8-9H2,2-3H3,(H,19,20,21);1H. The van der Waals surface area contributed by atoms with E-state index in [1.807, 2.05) is 35.9 Å². The third-order valence-corrected chi connectivity index (χ3v) is 3.92. The Morgan fingerprint density at radius 3 is 2.78 bits per heavy atom. The van der Waals surface area contributed by atoms with E-state index in [1.165, 1.54) is 12.8 Å². The Hall–Kier alpha value is -2.63. The fourth-order valence-electron chi connectivity index (χ4n) is 2.78. The van der Waals surface area contributed by atoms with Gasteiger partial charge in [-0.3, -0.25) is 4.99 Å². The van der Waals surface area contributed by atoms with E-state index in [9.17, 15) is 0 Å². The molecule has 0 aliphatic carbocycles. The van der Waals surface area contributed by atoms with E-state index in [0.717, 1.165) is 41.7 Å². The summed E-state index contributed by atoms with van der Waals surface area (Å²) in [7, 11) is 1.76. The van der Waals surface area contributed by atoms with Crippen molar-refractivity contribution in [2.24, 2.45) is 4.99 Å². The lowest BCUT2D eigenvalue weighted by Gasteiger charge is -2.18. The Bertz CT molecular complexity index is 777. The Morgan fingerprint density at radius 1 is 1.30 bits per heavy atom. The minimum atomic E-state index is 0. The largest absolute Gasteiger partial charge is 0.356 e. The minimum Gasteiger partial charge on any atom is -0.356 e. The fourth-order valence-corrected chi connectivity index (χ4v) is 2.78. The van der Waals surface area contributed by atoms with Gasteiger partial charge in [-0.25, -0.2) is 9.97 Å². The summed E-state index contributed by atoms with van der Waals surface area (Å²) in [5.74, 6) is 2.57. The molecule has 23 heavy (non-hydrogen) atoms. The van der Waals surface area contributed by atoms with Crippen molar-refractivity contribution in [1.82, 2.24) is 14.5 Å². The SMILES string of the molecule is C=Cn1ccc(Nc2cc(N3CCCC3)nc(C)n2)cc1=NC.[HH]. The van der Waals surface area contributed by atoms with Crippen LogP contribution in [0.15, 0.2) is 36.0 Å². The number of pyridine rings is 1. The van der Waals surface area contributed by atoms with E-state index >= 15 is 0 Å². The van der Waals surface area contributed by atoms with E-state index in [0.29, 0.717) is 0 Å². The highest BCUT2D eigenvalue weighted by molar-refractivity contribution is 5.59. The average Bonchev–Trinajstić information content (AvgIpc) is 3.08. The molecule has 0 saturated carbocycles. The molecule has 0 spiro atoms. The first-order chi connectivity index (χ1) is 11.2. The molecule has 1 aliphatic heterocycles. The number of aryl methyl sites for hydroxylation is 1. The van der Waals surface area contributed by atoms with Gasteiger partial charge in [-0.2, -0.15) is 0 Å². The molecule has 0 atom stereocenters. The predicted molar refractivity (Wildman–Crippen MR) is 95.9 cm³/mol. The zero-order valence-electron chi connectivity index (χ0n) is 13.7. The summed E-state index contributed by atoms with van der Waals surface area (Å²) in [5.41, 5.74) is 1.77. The Balaban J connectivity index is 0.00000208. The zero-order chi connectivity index (χ0) is 16.2. The molecule has 6 nitrogen and oxygen atoms in total. The van der Waals surface area contributed by atoms with Crippen molar-refractivity contribution < 1.29 is 1.43 Å². The van der Waals surface area contributed by atoms with E-state index < -0.39 is 0 Å². The van der Waals surface area contributed by atoms with Gasteiger partial charge in [0, 0.05) is 51.8 Å². The number of rotatable bonds is 4. The number of aromatic nitrogens is 3. The van der Waals surface area contributed by atoms with Gasteiger partial charge < -0.3 is 14.8 Å². The van der Waals surface area contributed by atoms with Crippen LogP contribution >= 0.6 is 0 Å². The Labute approximate surface area is 137 Å². The molecule has 0 radical (unpaired) electrons. The van der Waals surface area contributed by atoms with E-state index in [4.69, 9.17) is 0 Å². The fraction of sp³-hybridized carbons (Fsp3) is 0.353. The molecule has 0 unspecified atom stereocenters. The van der Waals surface area contributed by atoms with Crippen LogP contribution in [-0.2, 0) is 0 Å². The van der Waals surface area contributed by atoms with Crippen LogP contribution in [0.4, 0.5) is 17.3 Å². The number of nitrogens with zero attached hydrogens (tertiary/aromatic N) is 5. The summed E-state index contributed by atoms with van der Waals surface area (Å²) in [4.78, 5) is 15.6. The van der Waals surface area contributed by atoms with Gasteiger partial charge in [0.05, 0.1) is 0 Å². The van der Waals surface area contributed by atoms with Crippen LogP contribution in [0, 0.1) is 6.92 Å². The van der Waals surface area contributed by atoms with Gasteiger partial charge >= 0.3 is 0 Å². The molecule has 2 aromatic rings. The average molecular weight is 312 g/mol. The Kier molecular flexibility index (Phi) is 4.41. The van der Waals surface area contributed by atoms with Crippen LogP contribution in [0.25, 0.3) is 6.20 Å². The summed E-state index contributed by atoms with van der Waals surface area (Å²) in [6.45, 7) is 7.84. The molecule has 3 rings (SSSR count). The van der Waals surface area contributed by atoms with Crippen molar-refractivity contribution in [3.63, 3.8) is 0 Å². The molecule has 1 saturated heterocycles. The van der Waals surface area contributed by atoms with E-state index in [1.54, 1.807) is 13.2 Å². The summed E-state index contributed by atoms with van der Waals surface area (Å²) >= 11 is 0. The first-order valence-corrected chi connectivity index (χ1v) is 7.85. The molecule has 122 valence electrons. The van der Waals surface area contributed by atoms with Gasteiger partial charge in [-0.15, -0.1) is 0 Å². The highest BCUT2D eigenvalue weighted by atomic mass is 15.2. The third-order valence-electron chi connectivity index (χ3n) is 3.92. The lowest BCUT2D eigenvalue weighted by atomic mass is 10.3. The molecule has 3 heterocycles. The second-order valence-electron chi connectivity index (χ2n) is 5.56. The molecule has 0 bridgehead atoms. The molecular weight excluding hydrogens is 288 g/mol. The normalized spacial score (nSPS) is 15.0. The molecule has 6 heteroatoms. The van der Waals surface area contributed by atoms with Crippen molar-refractivity contribution in [1.29, 1.82) is 0 Å². The quantitative estimate of drug-likeness (QED) is 0.943. The summed E-state index contributed by atoms with van der Waals surface area (Å²) in [6, 6.07) is 5.95. The van der Waals surface area contributed by atoms with Crippen molar-refractivity contribution in [2.75, 3.05) is 30.4 Å². The van der Waals surface area contributed by atoms with Crippen LogP contribution < -0.4 is 15.7 Å². The molecule has 0 amide bonds. The van der Waals surface area contributed by atoms with Gasteiger partial charge in [-0.1, -0.05) is 6.58 Å². The molecule has 0 aromatic carbocycles. The maximum absolute atomic E-state index is 4.56. The maximum Gasteiger partial charge on any atom is 0.136 e. The highest BCUT2D eigenvalue weighted by Gasteiger charge is 2.15. The first-order valence-electron chi connectivity index (χ1n) is 7.85. The lowest BCUT2D eigenvalue weighted by Crippen LogP contribution is -2.20. The predicted octanol–water partition coefficient (Wildman–Crippen LogP) is 2.81. The number of hydrogen-bond acceptors (Lipinski definition) is 5. The smallest absolute Gasteiger partial charge is 0.136 e. The van der Waals surface area contributed by atoms with Gasteiger partial charge in [0.15, 0.2) is 0 Å². The maximum atomic E-state index is 4.56. The van der Waals surface area contributed by atoms with Crippen molar-refractivity contribution in [3.8, 4) is 0 Å². The van der Waals surface area contributed by atoms with Crippen LogP contribution in [0.3, 0.4) is 0 Å². The van der Waals surface area contributed by atoms with Crippen LogP contribution in [-0.4, -0.2) is 34.7 Å². The van der Waals surface area contributed by atoms with E-state index in [2.05, 4.69) is 31.8 Å². The number of anilines is 3. The molecular formula is C17H24N6. The Morgan fingerprint density at radius 2 is 2.09 bits per heavy atom. The summed E-state index contributed by atoms with van der Waals surface area (Å²) < 4.78 is 1.87. The first kappa shape index (κ1) is 15.3. The topological polar surface area (TPSA) is 58.3 Å². The second kappa shape index (κ2) is 6.64. The van der Waals surface area contributed by atoms with Crippen molar-refractivity contribution >= 4 is 23.5 Å². The summed E-state index contributed by atoms with van der Waals surface area (Å²) in [5, 5.41) is 3.35. The molecule has 1 N–H and O–H groups in total. The molecule has 2 aromatic heterocycles. The van der Waals surface area contributed by atoms with Gasteiger partial charge in [0.1, 0.15) is 22.9 Å². The van der Waals surface area contributed by atoms with Crippen molar-refractivity contribution in [2.45, 2.75) is 19.8 Å². The number of hydrogen-bond donors (Lipinski definition) is 1. The van der Waals surface area contributed by atoms with Crippen LogP contribution in [0.1, 0.15) is 20.1 Å². The van der Waals surface area contributed by atoms with Crippen molar-refractivity contribution in [3.05, 3.63) is 42.3 Å². The van der Waals surface area contributed by atoms with Crippen LogP contribution in [0.5, 0.6) is 0 Å². The third kappa shape index (κ3) is 3.41. The number of nitrogens with one attached hydrogen (secondary N) is 1.